The van der Waals surface area contributed by atoms with E-state index >= 15 is 0 Å². The fraction of sp³-hybridized carbons (Fsp3) is 0.250. The van der Waals surface area contributed by atoms with Crippen molar-refractivity contribution >= 4 is 5.97 Å². The molecule has 78 valence electrons. The van der Waals surface area contributed by atoms with Gasteiger partial charge in [-0.15, -0.1) is 0 Å². The fourth-order valence-electron chi connectivity index (χ4n) is 1.18. The summed E-state index contributed by atoms with van der Waals surface area (Å²) in [6.07, 6.45) is -0.134. The number of carbonyl (C=O) groups is 1. The van der Waals surface area contributed by atoms with Gasteiger partial charge in [0.15, 0.2) is 0 Å². The Balaban J connectivity index is 2.82. The van der Waals surface area contributed by atoms with E-state index in [9.17, 15) is 4.79 Å². The van der Waals surface area contributed by atoms with Crippen LogP contribution in [-0.4, -0.2) is 18.2 Å². The zero-order chi connectivity index (χ0) is 11.3. The summed E-state index contributed by atoms with van der Waals surface area (Å²) in [7, 11) is 1.61. The molecule has 0 fully saturated rings. The van der Waals surface area contributed by atoms with Gasteiger partial charge in [0, 0.05) is 5.56 Å². The SMILES string of the molecule is COc1ccc(C#CCC(=O)O)cc1C. The fourth-order valence-corrected chi connectivity index (χ4v) is 1.18. The maximum absolute atomic E-state index is 10.2. The van der Waals surface area contributed by atoms with Crippen LogP contribution in [0.2, 0.25) is 0 Å². The minimum Gasteiger partial charge on any atom is -0.496 e. The van der Waals surface area contributed by atoms with Crippen LogP contribution in [0.4, 0.5) is 0 Å². The standard InChI is InChI=1S/C12H12O3/c1-9-8-10(4-3-5-12(13)14)6-7-11(9)15-2/h6-8H,5H2,1-2H3,(H,13,14). The van der Waals surface area contributed by atoms with Gasteiger partial charge in [-0.25, -0.2) is 0 Å². The second kappa shape index (κ2) is 5.06. The summed E-state index contributed by atoms with van der Waals surface area (Å²) in [5, 5.41) is 8.41. The molecule has 0 aromatic heterocycles. The molecule has 15 heavy (non-hydrogen) atoms. The van der Waals surface area contributed by atoms with Crippen molar-refractivity contribution in [2.45, 2.75) is 13.3 Å². The number of methoxy groups -OCH3 is 1. The van der Waals surface area contributed by atoms with E-state index in [2.05, 4.69) is 11.8 Å². The lowest BCUT2D eigenvalue weighted by Gasteiger charge is -2.03. The van der Waals surface area contributed by atoms with Gasteiger partial charge >= 0.3 is 5.97 Å². The summed E-state index contributed by atoms with van der Waals surface area (Å²) in [6.45, 7) is 1.92. The molecule has 0 aliphatic carbocycles. The molecule has 0 amide bonds. The van der Waals surface area contributed by atoms with Crippen molar-refractivity contribution in [2.24, 2.45) is 0 Å². The van der Waals surface area contributed by atoms with Crippen LogP contribution in [-0.2, 0) is 4.79 Å². The highest BCUT2D eigenvalue weighted by Gasteiger charge is 1.97. The first-order valence-corrected chi connectivity index (χ1v) is 4.49. The van der Waals surface area contributed by atoms with Crippen LogP contribution in [0.3, 0.4) is 0 Å². The molecule has 0 unspecified atom stereocenters. The molecule has 0 aliphatic rings. The third kappa shape index (κ3) is 3.35. The molecular formula is C12H12O3. The number of hydrogen-bond acceptors (Lipinski definition) is 2. The predicted molar refractivity (Wildman–Crippen MR) is 56.9 cm³/mol. The Labute approximate surface area is 88.7 Å². The predicted octanol–water partition coefficient (Wildman–Crippen LogP) is 1.83. The van der Waals surface area contributed by atoms with Crippen LogP contribution in [0.15, 0.2) is 18.2 Å². The number of benzene rings is 1. The van der Waals surface area contributed by atoms with Crippen LogP contribution in [0.5, 0.6) is 5.75 Å². The van der Waals surface area contributed by atoms with Crippen molar-refractivity contribution in [1.29, 1.82) is 0 Å². The topological polar surface area (TPSA) is 46.5 Å². The van der Waals surface area contributed by atoms with Crippen molar-refractivity contribution < 1.29 is 14.6 Å². The van der Waals surface area contributed by atoms with Crippen molar-refractivity contribution in [3.8, 4) is 17.6 Å². The summed E-state index contributed by atoms with van der Waals surface area (Å²) >= 11 is 0. The van der Waals surface area contributed by atoms with Gasteiger partial charge in [0.1, 0.15) is 12.2 Å². The highest BCUT2D eigenvalue weighted by atomic mass is 16.5. The van der Waals surface area contributed by atoms with Gasteiger partial charge in [-0.05, 0) is 30.7 Å². The summed E-state index contributed by atoms with van der Waals surface area (Å²) < 4.78 is 5.10. The Bertz CT molecular complexity index is 424. The molecule has 1 aromatic rings. The monoisotopic (exact) mass is 204 g/mol. The Morgan fingerprint density at radius 2 is 2.27 bits per heavy atom. The molecule has 0 aliphatic heterocycles. The number of aryl methyl sites for hydroxylation is 1. The summed E-state index contributed by atoms with van der Waals surface area (Å²) in [5.74, 6) is 5.25. The highest BCUT2D eigenvalue weighted by Crippen LogP contribution is 2.17. The first kappa shape index (κ1) is 11.1. The maximum Gasteiger partial charge on any atom is 0.315 e. The molecule has 0 saturated heterocycles. The molecule has 0 bridgehead atoms. The van der Waals surface area contributed by atoms with Gasteiger partial charge in [0.05, 0.1) is 7.11 Å². The molecule has 0 spiro atoms. The summed E-state index contributed by atoms with van der Waals surface area (Å²) in [5.41, 5.74) is 1.79. The maximum atomic E-state index is 10.2. The second-order valence-corrected chi connectivity index (χ2v) is 3.06. The second-order valence-electron chi connectivity index (χ2n) is 3.06. The van der Waals surface area contributed by atoms with E-state index in [4.69, 9.17) is 9.84 Å². The third-order valence-corrected chi connectivity index (χ3v) is 1.87. The Hall–Kier alpha value is -1.95. The molecule has 1 N–H and O–H groups in total. The van der Waals surface area contributed by atoms with E-state index in [1.54, 1.807) is 13.2 Å². The lowest BCUT2D eigenvalue weighted by Crippen LogP contribution is -1.90. The van der Waals surface area contributed by atoms with E-state index in [0.717, 1.165) is 16.9 Å². The van der Waals surface area contributed by atoms with Gasteiger partial charge in [-0.2, -0.15) is 0 Å². The van der Waals surface area contributed by atoms with Crippen molar-refractivity contribution in [3.05, 3.63) is 29.3 Å². The average molecular weight is 204 g/mol. The minimum atomic E-state index is -0.910. The highest BCUT2D eigenvalue weighted by molar-refractivity contribution is 5.70. The molecule has 0 radical (unpaired) electrons. The van der Waals surface area contributed by atoms with Crippen LogP contribution in [0, 0.1) is 18.8 Å². The first-order valence-electron chi connectivity index (χ1n) is 4.49. The van der Waals surface area contributed by atoms with E-state index < -0.39 is 5.97 Å². The molecule has 3 nitrogen and oxygen atoms in total. The van der Waals surface area contributed by atoms with Crippen LogP contribution in [0.1, 0.15) is 17.5 Å². The van der Waals surface area contributed by atoms with Crippen LogP contribution in [0.25, 0.3) is 0 Å². The number of carboxylic acids is 1. The quantitative estimate of drug-likeness (QED) is 0.747. The summed E-state index contributed by atoms with van der Waals surface area (Å²) in [4.78, 5) is 10.2. The lowest BCUT2D eigenvalue weighted by atomic mass is 10.1. The lowest BCUT2D eigenvalue weighted by molar-refractivity contribution is -0.135. The van der Waals surface area contributed by atoms with Gasteiger partial charge in [0.25, 0.3) is 0 Å². The zero-order valence-electron chi connectivity index (χ0n) is 8.70. The Morgan fingerprint density at radius 3 is 2.80 bits per heavy atom. The number of rotatable bonds is 2. The number of carboxylic acid groups (broad SMARTS) is 1. The van der Waals surface area contributed by atoms with Gasteiger partial charge in [0.2, 0.25) is 0 Å². The molecule has 0 atom stereocenters. The van der Waals surface area contributed by atoms with Gasteiger partial charge < -0.3 is 9.84 Å². The third-order valence-electron chi connectivity index (χ3n) is 1.87. The smallest absolute Gasteiger partial charge is 0.315 e. The van der Waals surface area contributed by atoms with Crippen molar-refractivity contribution in [3.63, 3.8) is 0 Å². The van der Waals surface area contributed by atoms with E-state index in [-0.39, 0.29) is 6.42 Å². The number of ether oxygens (including phenoxy) is 1. The van der Waals surface area contributed by atoms with Crippen molar-refractivity contribution in [1.82, 2.24) is 0 Å². The Kier molecular flexibility index (Phi) is 3.75. The molecule has 0 heterocycles. The van der Waals surface area contributed by atoms with Crippen LogP contribution >= 0.6 is 0 Å². The number of aliphatic carboxylic acids is 1. The van der Waals surface area contributed by atoms with E-state index in [0.29, 0.717) is 0 Å². The molecule has 1 rings (SSSR count). The number of hydrogen-bond donors (Lipinski definition) is 1. The van der Waals surface area contributed by atoms with E-state index in [1.165, 1.54) is 0 Å². The minimum absolute atomic E-state index is 0.134. The molecular weight excluding hydrogens is 192 g/mol. The average Bonchev–Trinajstić information content (AvgIpc) is 2.17. The largest absolute Gasteiger partial charge is 0.496 e. The first-order chi connectivity index (χ1) is 7.13. The van der Waals surface area contributed by atoms with Gasteiger partial charge in [-0.3, -0.25) is 4.79 Å². The molecule has 0 saturated carbocycles. The van der Waals surface area contributed by atoms with Crippen LogP contribution < -0.4 is 4.74 Å². The zero-order valence-corrected chi connectivity index (χ0v) is 8.70. The molecule has 1 aromatic carbocycles. The molecule has 3 heteroatoms. The van der Waals surface area contributed by atoms with Crippen molar-refractivity contribution in [2.75, 3.05) is 7.11 Å². The van der Waals surface area contributed by atoms with E-state index in [1.807, 2.05) is 19.1 Å². The Morgan fingerprint density at radius 1 is 1.53 bits per heavy atom. The van der Waals surface area contributed by atoms with Gasteiger partial charge in [-0.1, -0.05) is 11.8 Å². The normalized spacial score (nSPS) is 8.93. The summed E-state index contributed by atoms with van der Waals surface area (Å²) in [6, 6.07) is 5.49.